The zero-order valence-electron chi connectivity index (χ0n) is 12.4. The highest BCUT2D eigenvalue weighted by atomic mass is 79.9. The molecule has 0 bridgehead atoms. The molecule has 0 N–H and O–H groups in total. The van der Waals surface area contributed by atoms with E-state index in [1.54, 1.807) is 0 Å². The minimum atomic E-state index is 0.347. The van der Waals surface area contributed by atoms with Crippen molar-refractivity contribution in [3.8, 4) is 11.5 Å². The van der Waals surface area contributed by atoms with Crippen LogP contribution in [0.5, 0.6) is 11.5 Å². The van der Waals surface area contributed by atoms with Crippen LogP contribution in [0.2, 0.25) is 0 Å². The molecule has 21 heavy (non-hydrogen) atoms. The number of ether oxygens (including phenoxy) is 3. The molecule has 3 nitrogen and oxygen atoms in total. The summed E-state index contributed by atoms with van der Waals surface area (Å²) >= 11 is 3.81. The fourth-order valence-corrected chi connectivity index (χ4v) is 3.46. The monoisotopic (exact) mass is 354 g/mol. The van der Waals surface area contributed by atoms with Gasteiger partial charge in [0.25, 0.3) is 0 Å². The molecule has 0 spiro atoms. The summed E-state index contributed by atoms with van der Waals surface area (Å²) < 4.78 is 17.2. The molecular formula is C17H23BrO3. The van der Waals surface area contributed by atoms with Gasteiger partial charge in [-0.3, -0.25) is 0 Å². The molecule has 0 radical (unpaired) electrons. The van der Waals surface area contributed by atoms with Crippen molar-refractivity contribution >= 4 is 15.9 Å². The van der Waals surface area contributed by atoms with Gasteiger partial charge in [0.15, 0.2) is 11.5 Å². The molecule has 2 aliphatic heterocycles. The van der Waals surface area contributed by atoms with Crippen LogP contribution in [0.3, 0.4) is 0 Å². The number of benzene rings is 1. The normalized spacial score (nSPS) is 23.4. The lowest BCUT2D eigenvalue weighted by atomic mass is 10.0. The predicted octanol–water partition coefficient (Wildman–Crippen LogP) is 4.63. The molecule has 0 amide bonds. The maximum Gasteiger partial charge on any atom is 0.161 e. The van der Waals surface area contributed by atoms with Crippen LogP contribution in [0.4, 0.5) is 0 Å². The lowest BCUT2D eigenvalue weighted by Crippen LogP contribution is -2.19. The highest BCUT2D eigenvalue weighted by molar-refractivity contribution is 9.09. The smallest absolute Gasteiger partial charge is 0.161 e. The van der Waals surface area contributed by atoms with Gasteiger partial charge in [-0.15, -0.1) is 0 Å². The van der Waals surface area contributed by atoms with E-state index in [4.69, 9.17) is 14.2 Å². The van der Waals surface area contributed by atoms with E-state index in [0.29, 0.717) is 10.9 Å². The summed E-state index contributed by atoms with van der Waals surface area (Å²) in [5.74, 6) is 1.75. The third kappa shape index (κ3) is 4.13. The first-order chi connectivity index (χ1) is 10.3. The first-order valence-corrected chi connectivity index (χ1v) is 8.90. The lowest BCUT2D eigenvalue weighted by Gasteiger charge is -2.23. The maximum atomic E-state index is 5.81. The minimum Gasteiger partial charge on any atom is -0.490 e. The summed E-state index contributed by atoms with van der Waals surface area (Å²) in [4.78, 5) is 0.347. The standard InChI is InChI=1S/C17H23BrO3/c18-15(7-6-14-4-1-2-9-19-14)13-5-8-16-17(12-13)21-11-3-10-20-16/h5,8,12,14-15H,1-4,6-7,9-11H2. The van der Waals surface area contributed by atoms with Crippen LogP contribution < -0.4 is 9.47 Å². The molecule has 2 unspecified atom stereocenters. The minimum absolute atomic E-state index is 0.347. The number of halogens is 1. The summed E-state index contributed by atoms with van der Waals surface area (Å²) in [5, 5.41) is 0. The zero-order chi connectivity index (χ0) is 14.5. The Morgan fingerprint density at radius 2 is 1.90 bits per heavy atom. The molecule has 0 saturated carbocycles. The van der Waals surface area contributed by atoms with E-state index in [1.807, 2.05) is 6.07 Å². The van der Waals surface area contributed by atoms with Crippen molar-refractivity contribution < 1.29 is 14.2 Å². The Bertz CT molecular complexity index is 457. The van der Waals surface area contributed by atoms with E-state index < -0.39 is 0 Å². The Morgan fingerprint density at radius 1 is 1.05 bits per heavy atom. The molecule has 2 aliphatic rings. The molecule has 1 fully saturated rings. The second kappa shape index (κ2) is 7.50. The molecule has 2 heterocycles. The molecule has 1 aromatic rings. The molecule has 3 rings (SSSR count). The Hall–Kier alpha value is -0.740. The highest BCUT2D eigenvalue weighted by Gasteiger charge is 2.18. The van der Waals surface area contributed by atoms with E-state index in [1.165, 1.54) is 24.8 Å². The Kier molecular flexibility index (Phi) is 5.42. The maximum absolute atomic E-state index is 5.81. The van der Waals surface area contributed by atoms with Gasteiger partial charge in [0, 0.05) is 17.9 Å². The van der Waals surface area contributed by atoms with Crippen molar-refractivity contribution in [3.05, 3.63) is 23.8 Å². The summed E-state index contributed by atoms with van der Waals surface area (Å²) in [7, 11) is 0. The zero-order valence-corrected chi connectivity index (χ0v) is 13.9. The van der Waals surface area contributed by atoms with E-state index in [2.05, 4.69) is 28.1 Å². The number of rotatable bonds is 4. The van der Waals surface area contributed by atoms with Crippen LogP contribution in [-0.4, -0.2) is 25.9 Å². The van der Waals surface area contributed by atoms with Crippen LogP contribution in [0.1, 0.15) is 48.9 Å². The Labute approximate surface area is 135 Å². The van der Waals surface area contributed by atoms with Gasteiger partial charge in [-0.25, -0.2) is 0 Å². The predicted molar refractivity (Wildman–Crippen MR) is 86.5 cm³/mol. The molecule has 4 heteroatoms. The van der Waals surface area contributed by atoms with Gasteiger partial charge in [0.2, 0.25) is 0 Å². The molecule has 116 valence electrons. The van der Waals surface area contributed by atoms with Gasteiger partial charge >= 0.3 is 0 Å². The van der Waals surface area contributed by atoms with Gasteiger partial charge < -0.3 is 14.2 Å². The van der Waals surface area contributed by atoms with E-state index in [0.717, 1.165) is 50.6 Å². The second-order valence-electron chi connectivity index (χ2n) is 5.79. The molecular weight excluding hydrogens is 332 g/mol. The molecule has 0 aromatic heterocycles. The molecule has 1 saturated heterocycles. The largest absolute Gasteiger partial charge is 0.490 e. The SMILES string of the molecule is BrC(CCC1CCCCO1)c1ccc2c(c1)OCCCO2. The average molecular weight is 355 g/mol. The first-order valence-electron chi connectivity index (χ1n) is 7.98. The highest BCUT2D eigenvalue weighted by Crippen LogP contribution is 2.37. The third-order valence-electron chi connectivity index (χ3n) is 4.15. The quantitative estimate of drug-likeness (QED) is 0.737. The van der Waals surface area contributed by atoms with E-state index in [9.17, 15) is 0 Å². The summed E-state index contributed by atoms with van der Waals surface area (Å²) in [6.45, 7) is 2.41. The number of fused-ring (bicyclic) bond motifs is 1. The fourth-order valence-electron chi connectivity index (χ4n) is 2.91. The Morgan fingerprint density at radius 3 is 2.71 bits per heavy atom. The van der Waals surface area contributed by atoms with Gasteiger partial charge in [-0.2, -0.15) is 0 Å². The number of alkyl halides is 1. The summed E-state index contributed by atoms with van der Waals surface area (Å²) in [6.07, 6.45) is 7.33. The van der Waals surface area contributed by atoms with E-state index in [-0.39, 0.29) is 0 Å². The average Bonchev–Trinajstić information content (AvgIpc) is 2.78. The Balaban J connectivity index is 1.58. The van der Waals surface area contributed by atoms with Crippen LogP contribution in [0.15, 0.2) is 18.2 Å². The number of hydrogen-bond acceptors (Lipinski definition) is 3. The van der Waals surface area contributed by atoms with Gasteiger partial charge in [-0.1, -0.05) is 22.0 Å². The van der Waals surface area contributed by atoms with Crippen LogP contribution >= 0.6 is 15.9 Å². The summed E-state index contributed by atoms with van der Waals surface area (Å²) in [5.41, 5.74) is 1.26. The first kappa shape index (κ1) is 15.2. The lowest BCUT2D eigenvalue weighted by molar-refractivity contribution is 0.0102. The third-order valence-corrected chi connectivity index (χ3v) is 5.14. The number of hydrogen-bond donors (Lipinski definition) is 0. The molecule has 0 aliphatic carbocycles. The van der Waals surface area contributed by atoms with E-state index >= 15 is 0 Å². The van der Waals surface area contributed by atoms with Crippen LogP contribution in [0.25, 0.3) is 0 Å². The van der Waals surface area contributed by atoms with Gasteiger partial charge in [0.05, 0.1) is 19.3 Å². The topological polar surface area (TPSA) is 27.7 Å². The van der Waals surface area contributed by atoms with Crippen molar-refractivity contribution in [2.75, 3.05) is 19.8 Å². The van der Waals surface area contributed by atoms with Crippen LogP contribution in [0, 0.1) is 0 Å². The fraction of sp³-hybridized carbons (Fsp3) is 0.647. The van der Waals surface area contributed by atoms with Gasteiger partial charge in [-0.05, 0) is 49.8 Å². The van der Waals surface area contributed by atoms with Crippen molar-refractivity contribution in [3.63, 3.8) is 0 Å². The van der Waals surface area contributed by atoms with Crippen LogP contribution in [-0.2, 0) is 4.74 Å². The second-order valence-corrected chi connectivity index (χ2v) is 6.90. The molecule has 1 aromatic carbocycles. The van der Waals surface area contributed by atoms with Crippen molar-refractivity contribution in [1.82, 2.24) is 0 Å². The van der Waals surface area contributed by atoms with Crippen molar-refractivity contribution in [2.45, 2.75) is 49.5 Å². The molecule has 2 atom stereocenters. The van der Waals surface area contributed by atoms with Crippen molar-refractivity contribution in [2.24, 2.45) is 0 Å². The van der Waals surface area contributed by atoms with Crippen molar-refractivity contribution in [1.29, 1.82) is 0 Å². The summed E-state index contributed by atoms with van der Waals surface area (Å²) in [6, 6.07) is 6.28. The van der Waals surface area contributed by atoms with Gasteiger partial charge in [0.1, 0.15) is 0 Å².